The lowest BCUT2D eigenvalue weighted by Crippen LogP contribution is -2.04. The molecule has 1 aromatic heterocycles. The van der Waals surface area contributed by atoms with Crippen molar-refractivity contribution in [2.24, 2.45) is 0 Å². The quantitative estimate of drug-likeness (QED) is 0.663. The maximum Gasteiger partial charge on any atom is 0.145 e. The van der Waals surface area contributed by atoms with Gasteiger partial charge in [-0.1, -0.05) is 60.7 Å². The van der Waals surface area contributed by atoms with Crippen molar-refractivity contribution in [2.75, 3.05) is 12.4 Å². The highest BCUT2D eigenvalue weighted by molar-refractivity contribution is 7.98. The Hall–Kier alpha value is -3.28. The monoisotopic (exact) mass is 356 g/mol. The zero-order valence-electron chi connectivity index (χ0n) is 14.2. The Morgan fingerprint density at radius 1 is 0.923 bits per heavy atom. The number of nitrogens with zero attached hydrogens (tertiary/aromatic N) is 3. The molecular weight excluding hydrogens is 340 g/mol. The van der Waals surface area contributed by atoms with Crippen molar-refractivity contribution in [3.8, 4) is 23.3 Å². The van der Waals surface area contributed by atoms with E-state index in [0.29, 0.717) is 33.3 Å². The summed E-state index contributed by atoms with van der Waals surface area (Å²) in [5.41, 5.74) is 3.44. The second-order valence-electron chi connectivity index (χ2n) is 5.50. The van der Waals surface area contributed by atoms with E-state index in [0.717, 1.165) is 11.1 Å². The second kappa shape index (κ2) is 8.20. The molecule has 0 fully saturated rings. The lowest BCUT2D eigenvalue weighted by Gasteiger charge is -2.14. The molecule has 0 aliphatic carbocycles. The lowest BCUT2D eigenvalue weighted by molar-refractivity contribution is 1.10. The number of nitrogens with one attached hydrogen (secondary N) is 1. The summed E-state index contributed by atoms with van der Waals surface area (Å²) in [6.07, 6.45) is 0. The average Bonchev–Trinajstić information content (AvgIpc) is 2.72. The third kappa shape index (κ3) is 3.54. The summed E-state index contributed by atoms with van der Waals surface area (Å²) in [7, 11) is 1.73. The summed E-state index contributed by atoms with van der Waals surface area (Å²) < 4.78 is 0. The minimum Gasteiger partial charge on any atom is -0.372 e. The van der Waals surface area contributed by atoms with Crippen LogP contribution in [0.15, 0.2) is 65.7 Å². The van der Waals surface area contributed by atoms with Crippen molar-refractivity contribution in [2.45, 2.75) is 10.8 Å². The summed E-state index contributed by atoms with van der Waals surface area (Å²) >= 11 is 1.50. The number of hydrogen-bond donors (Lipinski definition) is 1. The molecule has 5 heteroatoms. The van der Waals surface area contributed by atoms with Crippen LogP contribution in [-0.4, -0.2) is 12.0 Å². The highest BCUT2D eigenvalue weighted by Crippen LogP contribution is 2.37. The molecule has 26 heavy (non-hydrogen) atoms. The summed E-state index contributed by atoms with van der Waals surface area (Å²) in [5, 5.41) is 23.1. The van der Waals surface area contributed by atoms with Crippen LogP contribution in [0, 0.1) is 22.7 Å². The van der Waals surface area contributed by atoms with E-state index in [2.05, 4.69) is 22.4 Å². The van der Waals surface area contributed by atoms with Crippen molar-refractivity contribution in [3.05, 3.63) is 77.4 Å². The van der Waals surface area contributed by atoms with E-state index in [4.69, 9.17) is 0 Å². The number of aromatic nitrogens is 1. The van der Waals surface area contributed by atoms with Gasteiger partial charge in [-0.25, -0.2) is 4.98 Å². The molecular formula is C21H16N4S. The van der Waals surface area contributed by atoms with E-state index in [1.165, 1.54) is 11.8 Å². The van der Waals surface area contributed by atoms with Gasteiger partial charge in [0.05, 0.1) is 5.56 Å². The number of hydrogen-bond acceptors (Lipinski definition) is 5. The molecule has 0 atom stereocenters. The molecule has 0 saturated heterocycles. The van der Waals surface area contributed by atoms with Crippen LogP contribution in [0.4, 0.5) is 5.82 Å². The molecule has 1 N–H and O–H groups in total. The first-order chi connectivity index (χ1) is 12.8. The highest BCUT2D eigenvalue weighted by Gasteiger charge is 2.21. The van der Waals surface area contributed by atoms with Crippen molar-refractivity contribution in [1.82, 2.24) is 4.98 Å². The minimum absolute atomic E-state index is 0.388. The molecule has 0 unspecified atom stereocenters. The molecule has 3 aromatic rings. The van der Waals surface area contributed by atoms with Gasteiger partial charge in [0.2, 0.25) is 0 Å². The Morgan fingerprint density at radius 3 is 2.12 bits per heavy atom. The molecule has 0 bridgehead atoms. The zero-order valence-corrected chi connectivity index (χ0v) is 15.0. The van der Waals surface area contributed by atoms with Gasteiger partial charge in [-0.3, -0.25) is 0 Å². The van der Waals surface area contributed by atoms with E-state index in [9.17, 15) is 10.5 Å². The topological polar surface area (TPSA) is 72.5 Å². The first-order valence-corrected chi connectivity index (χ1v) is 9.05. The van der Waals surface area contributed by atoms with Crippen LogP contribution in [0.2, 0.25) is 0 Å². The predicted molar refractivity (Wildman–Crippen MR) is 105 cm³/mol. The molecule has 1 heterocycles. The smallest absolute Gasteiger partial charge is 0.145 e. The van der Waals surface area contributed by atoms with Crippen molar-refractivity contribution >= 4 is 17.6 Å². The molecule has 0 saturated carbocycles. The van der Waals surface area contributed by atoms with Gasteiger partial charge < -0.3 is 5.32 Å². The third-order valence-corrected chi connectivity index (χ3v) is 4.95. The van der Waals surface area contributed by atoms with Gasteiger partial charge in [0.1, 0.15) is 28.5 Å². The van der Waals surface area contributed by atoms with Crippen LogP contribution in [0.3, 0.4) is 0 Å². The summed E-state index contributed by atoms with van der Waals surface area (Å²) in [4.78, 5) is 4.54. The Labute approximate surface area is 157 Å². The summed E-state index contributed by atoms with van der Waals surface area (Å²) in [5.74, 6) is 1.19. The molecule has 126 valence electrons. The Morgan fingerprint density at radius 2 is 1.54 bits per heavy atom. The SMILES string of the molecule is CNc1nc(SCc2ccccc2)c(C#N)c(-c2ccccc2)c1C#N. The van der Waals surface area contributed by atoms with E-state index >= 15 is 0 Å². The number of pyridine rings is 1. The molecule has 0 aliphatic heterocycles. The maximum absolute atomic E-state index is 9.81. The van der Waals surface area contributed by atoms with Crippen molar-refractivity contribution in [1.29, 1.82) is 10.5 Å². The molecule has 0 spiro atoms. The molecule has 3 rings (SSSR count). The molecule has 0 radical (unpaired) electrons. The van der Waals surface area contributed by atoms with Crippen LogP contribution < -0.4 is 5.32 Å². The molecule has 2 aromatic carbocycles. The number of rotatable bonds is 5. The van der Waals surface area contributed by atoms with E-state index in [1.807, 2.05) is 60.7 Å². The minimum atomic E-state index is 0.388. The van der Waals surface area contributed by atoms with Gasteiger partial charge >= 0.3 is 0 Å². The van der Waals surface area contributed by atoms with Crippen LogP contribution in [-0.2, 0) is 5.75 Å². The highest BCUT2D eigenvalue weighted by atomic mass is 32.2. The van der Waals surface area contributed by atoms with E-state index in [-0.39, 0.29) is 0 Å². The number of thioether (sulfide) groups is 1. The largest absolute Gasteiger partial charge is 0.372 e. The van der Waals surface area contributed by atoms with Gasteiger partial charge in [-0.15, -0.1) is 11.8 Å². The van der Waals surface area contributed by atoms with Crippen LogP contribution in [0.5, 0.6) is 0 Å². The fourth-order valence-electron chi connectivity index (χ4n) is 2.68. The Balaban J connectivity index is 2.13. The third-order valence-electron chi connectivity index (χ3n) is 3.91. The van der Waals surface area contributed by atoms with Gasteiger partial charge in [-0.2, -0.15) is 10.5 Å². The van der Waals surface area contributed by atoms with Crippen LogP contribution in [0.1, 0.15) is 16.7 Å². The number of nitriles is 2. The van der Waals surface area contributed by atoms with Gasteiger partial charge in [0, 0.05) is 18.4 Å². The van der Waals surface area contributed by atoms with Crippen LogP contribution >= 0.6 is 11.8 Å². The van der Waals surface area contributed by atoms with Crippen molar-refractivity contribution in [3.63, 3.8) is 0 Å². The predicted octanol–water partition coefficient (Wildman–Crippen LogP) is 4.83. The average molecular weight is 356 g/mol. The first kappa shape index (κ1) is 17.5. The lowest BCUT2D eigenvalue weighted by atomic mass is 9.97. The maximum atomic E-state index is 9.81. The normalized spacial score (nSPS) is 9.96. The molecule has 4 nitrogen and oxygen atoms in total. The van der Waals surface area contributed by atoms with Gasteiger partial charge in [0.15, 0.2) is 0 Å². The van der Waals surface area contributed by atoms with E-state index in [1.54, 1.807) is 7.05 Å². The zero-order chi connectivity index (χ0) is 18.4. The van der Waals surface area contributed by atoms with Crippen molar-refractivity contribution < 1.29 is 0 Å². The second-order valence-corrected chi connectivity index (χ2v) is 6.47. The first-order valence-electron chi connectivity index (χ1n) is 8.06. The Kier molecular flexibility index (Phi) is 5.53. The standard InChI is InChI=1S/C21H16N4S/c1-24-20-17(12-22)19(16-10-6-3-7-11-16)18(13-23)21(25-20)26-14-15-8-4-2-5-9-15/h2-11H,14H2,1H3,(H,24,25). The van der Waals surface area contributed by atoms with Gasteiger partial charge in [-0.05, 0) is 11.1 Å². The fraction of sp³-hybridized carbons (Fsp3) is 0.0952. The van der Waals surface area contributed by atoms with Crippen LogP contribution in [0.25, 0.3) is 11.1 Å². The molecule has 0 amide bonds. The van der Waals surface area contributed by atoms with Gasteiger partial charge in [0.25, 0.3) is 0 Å². The fourth-order valence-corrected chi connectivity index (χ4v) is 3.62. The Bertz CT molecular complexity index is 987. The number of anilines is 1. The van der Waals surface area contributed by atoms with E-state index < -0.39 is 0 Å². The molecule has 0 aliphatic rings. The summed E-state index contributed by atoms with van der Waals surface area (Å²) in [6.45, 7) is 0. The summed E-state index contributed by atoms with van der Waals surface area (Å²) in [6, 6.07) is 24.0. The number of benzene rings is 2.